The van der Waals surface area contributed by atoms with Crippen molar-refractivity contribution in [1.82, 2.24) is 10.6 Å². The Morgan fingerprint density at radius 3 is 2.71 bits per heavy atom. The van der Waals surface area contributed by atoms with E-state index in [0.29, 0.717) is 25.4 Å². The molecule has 1 aromatic carbocycles. The predicted molar refractivity (Wildman–Crippen MR) is 81.3 cm³/mol. The molecule has 0 aliphatic heterocycles. The summed E-state index contributed by atoms with van der Waals surface area (Å²) in [6.45, 7) is 5.19. The topological polar surface area (TPSA) is 61.4 Å². The maximum atomic E-state index is 13.0. The van der Waals surface area contributed by atoms with E-state index < -0.39 is 0 Å². The van der Waals surface area contributed by atoms with E-state index in [-0.39, 0.29) is 24.4 Å². The number of benzene rings is 1. The molecule has 1 rings (SSSR count). The number of urea groups is 1. The molecule has 0 aliphatic rings. The molecule has 0 saturated carbocycles. The molecular weight excluding hydrogens is 271 g/mol. The number of nitrogens with one attached hydrogen (secondary N) is 2. The van der Waals surface area contributed by atoms with Gasteiger partial charge in [-0.15, -0.1) is 0 Å². The maximum Gasteiger partial charge on any atom is 0.315 e. The third-order valence-corrected chi connectivity index (χ3v) is 3.24. The van der Waals surface area contributed by atoms with Gasteiger partial charge in [-0.05, 0) is 42.4 Å². The van der Waals surface area contributed by atoms with Crippen LogP contribution in [0.5, 0.6) is 0 Å². The molecule has 0 bridgehead atoms. The van der Waals surface area contributed by atoms with E-state index >= 15 is 0 Å². The van der Waals surface area contributed by atoms with Crippen molar-refractivity contribution in [3.63, 3.8) is 0 Å². The molecule has 0 aliphatic carbocycles. The number of hydrogen-bond acceptors (Lipinski definition) is 2. The van der Waals surface area contributed by atoms with Crippen molar-refractivity contribution >= 4 is 6.03 Å². The lowest BCUT2D eigenvalue weighted by Crippen LogP contribution is -2.38. The van der Waals surface area contributed by atoms with Crippen LogP contribution in [0.1, 0.15) is 32.3 Å². The van der Waals surface area contributed by atoms with Crippen molar-refractivity contribution in [3.05, 3.63) is 35.6 Å². The number of carbonyl (C=O) groups excluding carboxylic acids is 1. The van der Waals surface area contributed by atoms with Gasteiger partial charge in [0.1, 0.15) is 5.82 Å². The standard InChI is InChI=1S/C16H25FN2O2/c1-12(2)8-14(6-7-20)11-19-16(21)18-10-13-4-3-5-15(17)9-13/h3-5,9,12,14,20H,6-8,10-11H2,1-2H3,(H2,18,19,21). The van der Waals surface area contributed by atoms with Crippen LogP contribution in [0.25, 0.3) is 0 Å². The lowest BCUT2D eigenvalue weighted by atomic mass is 9.94. The number of carbonyl (C=O) groups is 1. The summed E-state index contributed by atoms with van der Waals surface area (Å²) in [4.78, 5) is 11.7. The average molecular weight is 296 g/mol. The molecular formula is C16H25FN2O2. The fourth-order valence-electron chi connectivity index (χ4n) is 2.28. The van der Waals surface area contributed by atoms with E-state index in [1.807, 2.05) is 0 Å². The number of aliphatic hydroxyl groups is 1. The first-order valence-corrected chi connectivity index (χ1v) is 7.38. The van der Waals surface area contributed by atoms with E-state index in [4.69, 9.17) is 5.11 Å². The van der Waals surface area contributed by atoms with E-state index in [2.05, 4.69) is 24.5 Å². The molecule has 0 aromatic heterocycles. The Hall–Kier alpha value is -1.62. The van der Waals surface area contributed by atoms with Gasteiger partial charge in [-0.2, -0.15) is 0 Å². The van der Waals surface area contributed by atoms with Crippen molar-refractivity contribution in [2.45, 2.75) is 33.2 Å². The van der Waals surface area contributed by atoms with Crippen LogP contribution in [0.15, 0.2) is 24.3 Å². The largest absolute Gasteiger partial charge is 0.396 e. The van der Waals surface area contributed by atoms with Gasteiger partial charge in [-0.25, -0.2) is 9.18 Å². The summed E-state index contributed by atoms with van der Waals surface area (Å²) in [6, 6.07) is 5.87. The molecule has 0 saturated heterocycles. The smallest absolute Gasteiger partial charge is 0.315 e. The van der Waals surface area contributed by atoms with Crippen molar-refractivity contribution in [1.29, 1.82) is 0 Å². The molecule has 0 heterocycles. The lowest BCUT2D eigenvalue weighted by Gasteiger charge is -2.18. The van der Waals surface area contributed by atoms with Gasteiger partial charge in [-0.3, -0.25) is 0 Å². The Balaban J connectivity index is 2.32. The van der Waals surface area contributed by atoms with E-state index in [1.54, 1.807) is 12.1 Å². The average Bonchev–Trinajstić information content (AvgIpc) is 2.42. The molecule has 3 N–H and O–H groups in total. The Kier molecular flexibility index (Phi) is 7.75. The van der Waals surface area contributed by atoms with E-state index in [0.717, 1.165) is 12.0 Å². The lowest BCUT2D eigenvalue weighted by molar-refractivity contribution is 0.225. The summed E-state index contributed by atoms with van der Waals surface area (Å²) in [5.74, 6) is 0.489. The Bertz CT molecular complexity index is 438. The summed E-state index contributed by atoms with van der Waals surface area (Å²) in [5, 5.41) is 14.5. The van der Waals surface area contributed by atoms with Crippen LogP contribution in [0.2, 0.25) is 0 Å². The highest BCUT2D eigenvalue weighted by atomic mass is 19.1. The molecule has 5 heteroatoms. The highest BCUT2D eigenvalue weighted by molar-refractivity contribution is 5.73. The second kappa shape index (κ2) is 9.34. The molecule has 4 nitrogen and oxygen atoms in total. The zero-order valence-electron chi connectivity index (χ0n) is 12.7. The van der Waals surface area contributed by atoms with Crippen molar-refractivity contribution in [2.24, 2.45) is 11.8 Å². The van der Waals surface area contributed by atoms with Crippen LogP contribution in [0.3, 0.4) is 0 Å². The van der Waals surface area contributed by atoms with Gasteiger partial charge in [0, 0.05) is 19.7 Å². The maximum absolute atomic E-state index is 13.0. The molecule has 0 radical (unpaired) electrons. The minimum absolute atomic E-state index is 0.129. The molecule has 0 spiro atoms. The van der Waals surface area contributed by atoms with E-state index in [1.165, 1.54) is 12.1 Å². The third-order valence-electron chi connectivity index (χ3n) is 3.24. The van der Waals surface area contributed by atoms with Gasteiger partial charge in [-0.1, -0.05) is 26.0 Å². The number of hydrogen-bond donors (Lipinski definition) is 3. The van der Waals surface area contributed by atoms with Crippen LogP contribution in [-0.4, -0.2) is 24.3 Å². The monoisotopic (exact) mass is 296 g/mol. The molecule has 118 valence electrons. The van der Waals surface area contributed by atoms with Gasteiger partial charge in [0.05, 0.1) is 0 Å². The van der Waals surface area contributed by atoms with Crippen molar-refractivity contribution < 1.29 is 14.3 Å². The van der Waals surface area contributed by atoms with Crippen molar-refractivity contribution in [2.75, 3.05) is 13.2 Å². The number of rotatable bonds is 8. The SMILES string of the molecule is CC(C)CC(CCO)CNC(=O)NCc1cccc(F)c1. The highest BCUT2D eigenvalue weighted by Gasteiger charge is 2.12. The van der Waals surface area contributed by atoms with Crippen LogP contribution in [0.4, 0.5) is 9.18 Å². The normalized spacial score (nSPS) is 12.2. The molecule has 1 atom stereocenters. The van der Waals surface area contributed by atoms with Gasteiger partial charge in [0.25, 0.3) is 0 Å². The molecule has 1 aromatic rings. The molecule has 21 heavy (non-hydrogen) atoms. The number of amides is 2. The van der Waals surface area contributed by atoms with Crippen LogP contribution in [-0.2, 0) is 6.54 Å². The second-order valence-electron chi connectivity index (χ2n) is 5.70. The fraction of sp³-hybridized carbons (Fsp3) is 0.562. The Morgan fingerprint density at radius 2 is 2.10 bits per heavy atom. The quantitative estimate of drug-likeness (QED) is 0.690. The molecule has 1 unspecified atom stereocenters. The summed E-state index contributed by atoms with van der Waals surface area (Å²) in [7, 11) is 0. The van der Waals surface area contributed by atoms with Crippen molar-refractivity contribution in [3.8, 4) is 0 Å². The minimum Gasteiger partial charge on any atom is -0.396 e. The second-order valence-corrected chi connectivity index (χ2v) is 5.70. The molecule has 0 fully saturated rings. The van der Waals surface area contributed by atoms with Crippen LogP contribution < -0.4 is 10.6 Å². The third kappa shape index (κ3) is 7.66. The number of halogens is 1. The Labute approximate surface area is 125 Å². The van der Waals surface area contributed by atoms with Gasteiger partial charge in [0.15, 0.2) is 0 Å². The van der Waals surface area contributed by atoms with Gasteiger partial charge >= 0.3 is 6.03 Å². The zero-order valence-corrected chi connectivity index (χ0v) is 12.7. The predicted octanol–water partition coefficient (Wildman–Crippen LogP) is 2.67. The first kappa shape index (κ1) is 17.4. The number of aliphatic hydroxyl groups excluding tert-OH is 1. The summed E-state index contributed by atoms with van der Waals surface area (Å²) < 4.78 is 13.0. The fourth-order valence-corrected chi connectivity index (χ4v) is 2.28. The summed E-state index contributed by atoms with van der Waals surface area (Å²) in [5.41, 5.74) is 0.722. The summed E-state index contributed by atoms with van der Waals surface area (Å²) >= 11 is 0. The first-order valence-electron chi connectivity index (χ1n) is 7.38. The van der Waals surface area contributed by atoms with Crippen LogP contribution >= 0.6 is 0 Å². The summed E-state index contributed by atoms with van der Waals surface area (Å²) in [6.07, 6.45) is 1.65. The van der Waals surface area contributed by atoms with Gasteiger partial charge in [0.2, 0.25) is 0 Å². The zero-order chi connectivity index (χ0) is 15.7. The van der Waals surface area contributed by atoms with Crippen LogP contribution in [0, 0.1) is 17.7 Å². The van der Waals surface area contributed by atoms with Gasteiger partial charge < -0.3 is 15.7 Å². The first-order chi connectivity index (χ1) is 10.0. The minimum atomic E-state index is -0.311. The van der Waals surface area contributed by atoms with E-state index in [9.17, 15) is 9.18 Å². The highest BCUT2D eigenvalue weighted by Crippen LogP contribution is 2.14. The molecule has 2 amide bonds. The Morgan fingerprint density at radius 1 is 1.33 bits per heavy atom.